The first kappa shape index (κ1) is 16.8. The summed E-state index contributed by atoms with van der Waals surface area (Å²) in [5.41, 5.74) is 4.06. The van der Waals surface area contributed by atoms with Crippen molar-refractivity contribution in [3.63, 3.8) is 0 Å². The molecule has 0 amide bonds. The van der Waals surface area contributed by atoms with Crippen LogP contribution in [0, 0.1) is 13.8 Å². The Morgan fingerprint density at radius 2 is 1.95 bits per heavy atom. The van der Waals surface area contributed by atoms with E-state index >= 15 is 0 Å². The summed E-state index contributed by atoms with van der Waals surface area (Å²) < 4.78 is 0. The van der Waals surface area contributed by atoms with Crippen molar-refractivity contribution in [2.75, 3.05) is 33.7 Å². The van der Waals surface area contributed by atoms with Gasteiger partial charge in [0, 0.05) is 26.2 Å². The lowest BCUT2D eigenvalue weighted by Crippen LogP contribution is -2.44. The Hall–Kier alpha value is -1.55. The van der Waals surface area contributed by atoms with Gasteiger partial charge in [0.05, 0.1) is 0 Å². The Morgan fingerprint density at radius 3 is 2.55 bits per heavy atom. The first-order chi connectivity index (χ1) is 10.6. The number of hydrogen-bond acceptors (Lipinski definition) is 2. The molecule has 4 heteroatoms. The van der Waals surface area contributed by atoms with Crippen LogP contribution in [0.5, 0.6) is 0 Å². The van der Waals surface area contributed by atoms with E-state index in [1.807, 2.05) is 7.05 Å². The minimum absolute atomic E-state index is 0.637. The third kappa shape index (κ3) is 5.02. The Bertz CT molecular complexity index is 490. The lowest BCUT2D eigenvalue weighted by Gasteiger charge is -2.21. The van der Waals surface area contributed by atoms with E-state index in [1.54, 1.807) is 0 Å². The fourth-order valence-corrected chi connectivity index (χ4v) is 3.21. The molecular formula is C18H30N4. The Balaban J connectivity index is 1.74. The van der Waals surface area contributed by atoms with E-state index in [0.29, 0.717) is 6.04 Å². The molecule has 1 aliphatic heterocycles. The topological polar surface area (TPSA) is 39.7 Å². The Kier molecular flexibility index (Phi) is 6.25. The van der Waals surface area contributed by atoms with Gasteiger partial charge in [-0.1, -0.05) is 29.3 Å². The molecule has 1 fully saturated rings. The molecule has 1 aromatic rings. The minimum Gasteiger partial charge on any atom is -0.356 e. The first-order valence-electron chi connectivity index (χ1n) is 8.30. The number of likely N-dealkylation sites (N-methyl/N-ethyl adjacent to an activating group) is 1. The summed E-state index contributed by atoms with van der Waals surface area (Å²) in [6.07, 6.45) is 3.61. The second-order valence-corrected chi connectivity index (χ2v) is 6.40. The molecule has 0 radical (unpaired) electrons. The smallest absolute Gasteiger partial charge is 0.191 e. The van der Waals surface area contributed by atoms with Crippen LogP contribution >= 0.6 is 0 Å². The van der Waals surface area contributed by atoms with Crippen LogP contribution in [0.3, 0.4) is 0 Å². The summed E-state index contributed by atoms with van der Waals surface area (Å²) >= 11 is 0. The maximum atomic E-state index is 4.32. The fraction of sp³-hybridized carbons (Fsp3) is 0.611. The van der Waals surface area contributed by atoms with Gasteiger partial charge in [0.15, 0.2) is 5.96 Å². The van der Waals surface area contributed by atoms with Gasteiger partial charge < -0.3 is 15.5 Å². The number of aliphatic imine (C=N–C) groups is 1. The monoisotopic (exact) mass is 302 g/mol. The van der Waals surface area contributed by atoms with Crippen molar-refractivity contribution in [3.8, 4) is 0 Å². The molecule has 0 bridgehead atoms. The SMILES string of the molecule is CN=C(NCCc1cc(C)cc(C)c1)NCC1CCCN1C. The molecule has 122 valence electrons. The standard InChI is InChI=1S/C18H30N4/c1-14-10-15(2)12-16(11-14)7-8-20-18(19-3)21-13-17-6-5-9-22(17)4/h10-12,17H,5-9,13H2,1-4H3,(H2,19,20,21). The predicted molar refractivity (Wildman–Crippen MR) is 94.6 cm³/mol. The quantitative estimate of drug-likeness (QED) is 0.646. The van der Waals surface area contributed by atoms with Crippen LogP contribution in [0.25, 0.3) is 0 Å². The van der Waals surface area contributed by atoms with Crippen molar-refractivity contribution < 1.29 is 0 Å². The minimum atomic E-state index is 0.637. The highest BCUT2D eigenvalue weighted by Gasteiger charge is 2.20. The van der Waals surface area contributed by atoms with E-state index in [1.165, 1.54) is 36.1 Å². The molecule has 1 aromatic carbocycles. The summed E-state index contributed by atoms with van der Waals surface area (Å²) in [4.78, 5) is 6.74. The van der Waals surface area contributed by atoms with Crippen molar-refractivity contribution in [3.05, 3.63) is 34.9 Å². The molecule has 22 heavy (non-hydrogen) atoms. The van der Waals surface area contributed by atoms with Gasteiger partial charge in [-0.25, -0.2) is 0 Å². The number of hydrogen-bond donors (Lipinski definition) is 2. The highest BCUT2D eigenvalue weighted by Crippen LogP contribution is 2.13. The third-order valence-corrected chi connectivity index (χ3v) is 4.39. The van der Waals surface area contributed by atoms with Crippen LogP contribution in [0.15, 0.2) is 23.2 Å². The largest absolute Gasteiger partial charge is 0.356 e. The number of aryl methyl sites for hydroxylation is 2. The van der Waals surface area contributed by atoms with Gasteiger partial charge >= 0.3 is 0 Å². The summed E-state index contributed by atoms with van der Waals surface area (Å²) in [5.74, 6) is 0.907. The zero-order valence-electron chi connectivity index (χ0n) is 14.4. The van der Waals surface area contributed by atoms with Crippen molar-refractivity contribution in [2.45, 2.75) is 39.2 Å². The molecule has 0 aromatic heterocycles. The lowest BCUT2D eigenvalue weighted by molar-refractivity contribution is 0.309. The zero-order valence-corrected chi connectivity index (χ0v) is 14.4. The molecule has 0 spiro atoms. The molecule has 2 rings (SSSR count). The van der Waals surface area contributed by atoms with E-state index in [-0.39, 0.29) is 0 Å². The molecule has 1 heterocycles. The number of likely N-dealkylation sites (tertiary alicyclic amines) is 1. The molecule has 1 aliphatic rings. The number of benzene rings is 1. The summed E-state index contributed by atoms with van der Waals surface area (Å²) in [6.45, 7) is 7.40. The van der Waals surface area contributed by atoms with E-state index in [0.717, 1.165) is 25.5 Å². The van der Waals surface area contributed by atoms with Crippen LogP contribution in [-0.2, 0) is 6.42 Å². The number of guanidine groups is 1. The van der Waals surface area contributed by atoms with Crippen molar-refractivity contribution >= 4 is 5.96 Å². The third-order valence-electron chi connectivity index (χ3n) is 4.39. The second-order valence-electron chi connectivity index (χ2n) is 6.40. The van der Waals surface area contributed by atoms with E-state index < -0.39 is 0 Å². The van der Waals surface area contributed by atoms with Crippen LogP contribution in [0.1, 0.15) is 29.5 Å². The van der Waals surface area contributed by atoms with Gasteiger partial charge in [-0.05, 0) is 52.3 Å². The summed E-state index contributed by atoms with van der Waals surface area (Å²) in [7, 11) is 4.04. The van der Waals surface area contributed by atoms with Crippen molar-refractivity contribution in [1.29, 1.82) is 0 Å². The molecule has 1 atom stereocenters. The molecular weight excluding hydrogens is 272 g/mol. The average Bonchev–Trinajstić information content (AvgIpc) is 2.87. The van der Waals surface area contributed by atoms with Gasteiger partial charge in [0.2, 0.25) is 0 Å². The first-order valence-corrected chi connectivity index (χ1v) is 8.30. The van der Waals surface area contributed by atoms with Gasteiger partial charge in [-0.3, -0.25) is 4.99 Å². The normalized spacial score (nSPS) is 19.5. The number of rotatable bonds is 5. The van der Waals surface area contributed by atoms with Gasteiger partial charge in [0.1, 0.15) is 0 Å². The molecule has 0 aliphatic carbocycles. The summed E-state index contributed by atoms with van der Waals surface area (Å²) in [5, 5.41) is 6.86. The number of nitrogens with one attached hydrogen (secondary N) is 2. The van der Waals surface area contributed by atoms with Crippen molar-refractivity contribution in [1.82, 2.24) is 15.5 Å². The average molecular weight is 302 g/mol. The Labute approximate surface area is 135 Å². The molecule has 1 saturated heterocycles. The highest BCUT2D eigenvalue weighted by molar-refractivity contribution is 5.79. The Morgan fingerprint density at radius 1 is 1.23 bits per heavy atom. The van der Waals surface area contributed by atoms with Gasteiger partial charge in [-0.15, -0.1) is 0 Å². The summed E-state index contributed by atoms with van der Waals surface area (Å²) in [6, 6.07) is 7.38. The maximum absolute atomic E-state index is 4.32. The molecule has 2 N–H and O–H groups in total. The van der Waals surface area contributed by atoms with E-state index in [2.05, 4.69) is 59.6 Å². The van der Waals surface area contributed by atoms with Gasteiger partial charge in [-0.2, -0.15) is 0 Å². The lowest BCUT2D eigenvalue weighted by atomic mass is 10.1. The van der Waals surface area contributed by atoms with Crippen LogP contribution < -0.4 is 10.6 Å². The second kappa shape index (κ2) is 8.18. The predicted octanol–water partition coefficient (Wildman–Crippen LogP) is 2.11. The van der Waals surface area contributed by atoms with Crippen LogP contribution in [0.2, 0.25) is 0 Å². The molecule has 4 nitrogen and oxygen atoms in total. The van der Waals surface area contributed by atoms with Gasteiger partial charge in [0.25, 0.3) is 0 Å². The molecule has 1 unspecified atom stereocenters. The van der Waals surface area contributed by atoms with Crippen molar-refractivity contribution in [2.24, 2.45) is 4.99 Å². The zero-order chi connectivity index (χ0) is 15.9. The maximum Gasteiger partial charge on any atom is 0.191 e. The fourth-order valence-electron chi connectivity index (χ4n) is 3.21. The van der Waals surface area contributed by atoms with Crippen LogP contribution in [0.4, 0.5) is 0 Å². The van der Waals surface area contributed by atoms with E-state index in [4.69, 9.17) is 0 Å². The number of nitrogens with zero attached hydrogens (tertiary/aromatic N) is 2. The highest BCUT2D eigenvalue weighted by atomic mass is 15.2. The van der Waals surface area contributed by atoms with Crippen LogP contribution in [-0.4, -0.2) is 50.6 Å². The molecule has 0 saturated carbocycles. The van der Waals surface area contributed by atoms with E-state index in [9.17, 15) is 0 Å².